The Morgan fingerprint density at radius 2 is 1.56 bits per heavy atom. The summed E-state index contributed by atoms with van der Waals surface area (Å²) in [7, 11) is 4.52. The standard InChI is InChI=1S/C24H26BrNO6/c1-24(2,3)14-7-8-16(25)18(11-14)32-21-10-9-17(31-21)23(27)26-22-19(29-5)12-15(28-4)13-20(22)30-6/h7-13H,1-6H3,(H,26,27). The van der Waals surface area contributed by atoms with E-state index in [2.05, 4.69) is 42.0 Å². The van der Waals surface area contributed by atoms with Crippen LogP contribution in [0.15, 0.2) is 51.4 Å². The summed E-state index contributed by atoms with van der Waals surface area (Å²) in [5.41, 5.74) is 1.43. The average Bonchev–Trinajstić information content (AvgIpc) is 3.23. The summed E-state index contributed by atoms with van der Waals surface area (Å²) in [6.07, 6.45) is 0. The number of ether oxygens (including phenoxy) is 4. The smallest absolute Gasteiger partial charge is 0.291 e. The van der Waals surface area contributed by atoms with Crippen molar-refractivity contribution in [2.45, 2.75) is 26.2 Å². The highest BCUT2D eigenvalue weighted by Crippen LogP contribution is 2.39. The molecule has 32 heavy (non-hydrogen) atoms. The van der Waals surface area contributed by atoms with Crippen LogP contribution >= 0.6 is 15.9 Å². The minimum Gasteiger partial charge on any atom is -0.496 e. The predicted molar refractivity (Wildman–Crippen MR) is 126 cm³/mol. The van der Waals surface area contributed by atoms with E-state index < -0.39 is 5.91 Å². The first-order chi connectivity index (χ1) is 15.2. The lowest BCUT2D eigenvalue weighted by atomic mass is 9.87. The van der Waals surface area contributed by atoms with Crippen LogP contribution in [0.3, 0.4) is 0 Å². The number of hydrogen-bond acceptors (Lipinski definition) is 6. The summed E-state index contributed by atoms with van der Waals surface area (Å²) in [6.45, 7) is 6.37. The molecule has 2 aromatic carbocycles. The van der Waals surface area contributed by atoms with Crippen LogP contribution in [-0.4, -0.2) is 27.2 Å². The van der Waals surface area contributed by atoms with Crippen LogP contribution in [0.1, 0.15) is 36.9 Å². The molecular formula is C24H26BrNO6. The molecule has 3 aromatic rings. The zero-order valence-corrected chi connectivity index (χ0v) is 20.5. The molecule has 0 spiro atoms. The summed E-state index contributed by atoms with van der Waals surface area (Å²) >= 11 is 3.49. The summed E-state index contributed by atoms with van der Waals surface area (Å²) in [6, 6.07) is 12.3. The van der Waals surface area contributed by atoms with Gasteiger partial charge in [0, 0.05) is 18.2 Å². The first-order valence-corrected chi connectivity index (χ1v) is 10.6. The molecule has 0 aliphatic heterocycles. The fraction of sp³-hybridized carbons (Fsp3) is 0.292. The normalized spacial score (nSPS) is 11.1. The van der Waals surface area contributed by atoms with Crippen molar-refractivity contribution in [3.05, 3.63) is 58.3 Å². The van der Waals surface area contributed by atoms with E-state index in [1.165, 1.54) is 27.4 Å². The van der Waals surface area contributed by atoms with E-state index in [1.807, 2.05) is 18.2 Å². The number of methoxy groups -OCH3 is 3. The SMILES string of the molecule is COc1cc(OC)c(NC(=O)c2ccc(Oc3cc(C(C)(C)C)ccc3Br)o2)c(OC)c1. The Bertz CT molecular complexity index is 1090. The Kier molecular flexibility index (Phi) is 7.03. The van der Waals surface area contributed by atoms with Gasteiger partial charge in [-0.05, 0) is 45.1 Å². The second kappa shape index (κ2) is 9.56. The Labute approximate surface area is 195 Å². The fourth-order valence-corrected chi connectivity index (χ4v) is 3.29. The van der Waals surface area contributed by atoms with E-state index in [4.69, 9.17) is 23.4 Å². The van der Waals surface area contributed by atoms with Crippen LogP contribution in [0.2, 0.25) is 0 Å². The number of halogens is 1. The molecule has 1 heterocycles. The number of hydrogen-bond donors (Lipinski definition) is 1. The van der Waals surface area contributed by atoms with E-state index in [0.717, 1.165) is 10.0 Å². The number of anilines is 1. The van der Waals surface area contributed by atoms with Crippen molar-refractivity contribution in [1.82, 2.24) is 0 Å². The summed E-state index contributed by atoms with van der Waals surface area (Å²) in [4.78, 5) is 12.8. The van der Waals surface area contributed by atoms with Crippen LogP contribution in [0, 0.1) is 0 Å². The Balaban J connectivity index is 1.82. The molecule has 0 saturated carbocycles. The number of amides is 1. The summed E-state index contributed by atoms with van der Waals surface area (Å²) in [5, 5.41) is 2.76. The van der Waals surface area contributed by atoms with Crippen LogP contribution in [-0.2, 0) is 5.41 Å². The fourth-order valence-electron chi connectivity index (χ4n) is 2.96. The van der Waals surface area contributed by atoms with Crippen molar-refractivity contribution < 1.29 is 28.2 Å². The Morgan fingerprint density at radius 3 is 2.12 bits per heavy atom. The van der Waals surface area contributed by atoms with Gasteiger partial charge in [0.2, 0.25) is 0 Å². The molecule has 170 valence electrons. The monoisotopic (exact) mass is 503 g/mol. The number of carbonyl (C=O) groups excluding carboxylic acids is 1. The molecule has 0 unspecified atom stereocenters. The lowest BCUT2D eigenvalue weighted by molar-refractivity contribution is 0.0991. The van der Waals surface area contributed by atoms with Gasteiger partial charge in [0.05, 0.1) is 25.8 Å². The molecule has 0 atom stereocenters. The van der Waals surface area contributed by atoms with Crippen LogP contribution in [0.25, 0.3) is 0 Å². The third-order valence-electron chi connectivity index (χ3n) is 4.77. The third-order valence-corrected chi connectivity index (χ3v) is 5.42. The molecular weight excluding hydrogens is 478 g/mol. The molecule has 1 N–H and O–H groups in total. The number of rotatable bonds is 7. The third kappa shape index (κ3) is 5.19. The van der Waals surface area contributed by atoms with Gasteiger partial charge in [-0.3, -0.25) is 4.79 Å². The van der Waals surface area contributed by atoms with E-state index in [1.54, 1.807) is 18.2 Å². The van der Waals surface area contributed by atoms with Gasteiger partial charge in [0.1, 0.15) is 28.7 Å². The van der Waals surface area contributed by atoms with E-state index in [0.29, 0.717) is 28.7 Å². The van der Waals surface area contributed by atoms with Crippen LogP contribution in [0.4, 0.5) is 5.69 Å². The number of benzene rings is 2. The molecule has 0 saturated heterocycles. The molecule has 0 radical (unpaired) electrons. The first-order valence-electron chi connectivity index (χ1n) is 9.85. The molecule has 0 aliphatic carbocycles. The van der Waals surface area contributed by atoms with Gasteiger partial charge >= 0.3 is 0 Å². The van der Waals surface area contributed by atoms with Crippen molar-refractivity contribution in [3.8, 4) is 28.9 Å². The predicted octanol–water partition coefficient (Wildman–Crippen LogP) is 6.41. The maximum absolute atomic E-state index is 12.8. The van der Waals surface area contributed by atoms with Crippen molar-refractivity contribution in [3.63, 3.8) is 0 Å². The molecule has 0 bridgehead atoms. The zero-order valence-electron chi connectivity index (χ0n) is 18.9. The van der Waals surface area contributed by atoms with E-state index in [-0.39, 0.29) is 17.1 Å². The zero-order chi connectivity index (χ0) is 23.5. The number of carbonyl (C=O) groups is 1. The number of furan rings is 1. The van der Waals surface area contributed by atoms with Gasteiger partial charge < -0.3 is 28.7 Å². The van der Waals surface area contributed by atoms with Gasteiger partial charge in [0.25, 0.3) is 11.9 Å². The summed E-state index contributed by atoms with van der Waals surface area (Å²) < 4.78 is 28.3. The van der Waals surface area contributed by atoms with Crippen molar-refractivity contribution in [2.75, 3.05) is 26.6 Å². The van der Waals surface area contributed by atoms with Crippen LogP contribution < -0.4 is 24.3 Å². The lowest BCUT2D eigenvalue weighted by Crippen LogP contribution is -2.13. The van der Waals surface area contributed by atoms with Crippen LogP contribution in [0.5, 0.6) is 28.9 Å². The molecule has 1 amide bonds. The second-order valence-corrected chi connectivity index (χ2v) is 8.83. The molecule has 8 heteroatoms. The van der Waals surface area contributed by atoms with Crippen molar-refractivity contribution in [1.29, 1.82) is 0 Å². The van der Waals surface area contributed by atoms with E-state index >= 15 is 0 Å². The topological polar surface area (TPSA) is 79.2 Å². The van der Waals surface area contributed by atoms with Gasteiger partial charge in [-0.2, -0.15) is 0 Å². The molecule has 3 rings (SSSR count). The van der Waals surface area contributed by atoms with E-state index in [9.17, 15) is 4.79 Å². The maximum atomic E-state index is 12.8. The van der Waals surface area contributed by atoms with Gasteiger partial charge in [0.15, 0.2) is 5.76 Å². The second-order valence-electron chi connectivity index (χ2n) is 7.98. The quantitative estimate of drug-likeness (QED) is 0.401. The van der Waals surface area contributed by atoms with Gasteiger partial charge in [-0.15, -0.1) is 0 Å². The average molecular weight is 504 g/mol. The molecule has 0 aliphatic rings. The van der Waals surface area contributed by atoms with Gasteiger partial charge in [-0.1, -0.05) is 26.8 Å². The largest absolute Gasteiger partial charge is 0.496 e. The highest BCUT2D eigenvalue weighted by atomic mass is 79.9. The maximum Gasteiger partial charge on any atom is 0.291 e. The summed E-state index contributed by atoms with van der Waals surface area (Å²) in [5.74, 6) is 1.69. The Hall–Kier alpha value is -3.13. The first kappa shape index (κ1) is 23.5. The highest BCUT2D eigenvalue weighted by Gasteiger charge is 2.20. The Morgan fingerprint density at radius 1 is 0.906 bits per heavy atom. The lowest BCUT2D eigenvalue weighted by Gasteiger charge is -2.20. The van der Waals surface area contributed by atoms with Crippen molar-refractivity contribution >= 4 is 27.5 Å². The molecule has 0 fully saturated rings. The van der Waals surface area contributed by atoms with Crippen molar-refractivity contribution in [2.24, 2.45) is 0 Å². The van der Waals surface area contributed by atoms with Gasteiger partial charge in [-0.25, -0.2) is 0 Å². The molecule has 1 aromatic heterocycles. The number of nitrogens with one attached hydrogen (secondary N) is 1. The minimum atomic E-state index is -0.482. The molecule has 7 nitrogen and oxygen atoms in total. The highest BCUT2D eigenvalue weighted by molar-refractivity contribution is 9.10. The minimum absolute atomic E-state index is 0.0382.